The van der Waals surface area contributed by atoms with Crippen molar-refractivity contribution in [1.29, 1.82) is 0 Å². The van der Waals surface area contributed by atoms with Gasteiger partial charge in [0.05, 0.1) is 18.8 Å². The Labute approximate surface area is 117 Å². The van der Waals surface area contributed by atoms with Gasteiger partial charge in [-0.25, -0.2) is 9.59 Å². The van der Waals surface area contributed by atoms with Gasteiger partial charge in [-0.05, 0) is 12.8 Å². The van der Waals surface area contributed by atoms with E-state index in [-0.39, 0.29) is 24.8 Å². The third-order valence-corrected chi connectivity index (χ3v) is 3.05. The molecule has 0 saturated carbocycles. The molecular formula is C12H22N2O6. The molecule has 1 aliphatic heterocycles. The third kappa shape index (κ3) is 5.72. The summed E-state index contributed by atoms with van der Waals surface area (Å²) in [5.41, 5.74) is 0. The van der Waals surface area contributed by atoms with Crippen LogP contribution in [0.3, 0.4) is 0 Å². The number of nitrogens with one attached hydrogen (secondary N) is 2. The number of urea groups is 1. The molecule has 1 fully saturated rings. The van der Waals surface area contributed by atoms with Gasteiger partial charge in [0.15, 0.2) is 6.10 Å². The molecule has 0 bridgehead atoms. The minimum Gasteiger partial charge on any atom is -0.479 e. The first kappa shape index (κ1) is 16.7. The van der Waals surface area contributed by atoms with Gasteiger partial charge < -0.3 is 30.0 Å². The number of carbonyl (C=O) groups is 2. The van der Waals surface area contributed by atoms with Gasteiger partial charge in [-0.1, -0.05) is 0 Å². The van der Waals surface area contributed by atoms with Crippen LogP contribution in [0, 0.1) is 0 Å². The molecule has 3 atom stereocenters. The smallest absolute Gasteiger partial charge is 0.332 e. The van der Waals surface area contributed by atoms with Crippen molar-refractivity contribution in [2.45, 2.75) is 31.2 Å². The average molecular weight is 290 g/mol. The zero-order chi connectivity index (χ0) is 15.0. The second kappa shape index (κ2) is 8.72. The molecule has 116 valence electrons. The lowest BCUT2D eigenvalue weighted by Crippen LogP contribution is -2.43. The molecule has 20 heavy (non-hydrogen) atoms. The van der Waals surface area contributed by atoms with E-state index in [0.717, 1.165) is 0 Å². The molecule has 1 rings (SSSR count). The third-order valence-electron chi connectivity index (χ3n) is 3.05. The number of methoxy groups -OCH3 is 2. The van der Waals surface area contributed by atoms with E-state index in [1.165, 1.54) is 0 Å². The Balaban J connectivity index is 2.16. The lowest BCUT2D eigenvalue weighted by molar-refractivity contribution is -0.149. The van der Waals surface area contributed by atoms with Crippen LogP contribution < -0.4 is 10.6 Å². The summed E-state index contributed by atoms with van der Waals surface area (Å²) in [4.78, 5) is 22.3. The van der Waals surface area contributed by atoms with Crippen LogP contribution >= 0.6 is 0 Å². The fraction of sp³-hybridized carbons (Fsp3) is 0.833. The van der Waals surface area contributed by atoms with E-state index in [0.29, 0.717) is 26.0 Å². The number of carbonyl (C=O) groups excluding carboxylic acids is 1. The van der Waals surface area contributed by atoms with Crippen molar-refractivity contribution >= 4 is 12.0 Å². The van der Waals surface area contributed by atoms with Crippen LogP contribution in [-0.2, 0) is 19.0 Å². The van der Waals surface area contributed by atoms with Crippen LogP contribution in [0.15, 0.2) is 0 Å². The number of amides is 2. The Morgan fingerprint density at radius 3 is 2.65 bits per heavy atom. The first-order valence-corrected chi connectivity index (χ1v) is 6.48. The SMILES string of the molecule is COCC(CNC(=O)NCC1CCC(C(=O)O)O1)OC. The highest BCUT2D eigenvalue weighted by Gasteiger charge is 2.30. The van der Waals surface area contributed by atoms with E-state index < -0.39 is 12.1 Å². The zero-order valence-electron chi connectivity index (χ0n) is 11.8. The average Bonchev–Trinajstić information content (AvgIpc) is 2.90. The fourth-order valence-corrected chi connectivity index (χ4v) is 1.91. The number of hydrogen-bond acceptors (Lipinski definition) is 5. The summed E-state index contributed by atoms with van der Waals surface area (Å²) in [5, 5.41) is 14.1. The van der Waals surface area contributed by atoms with E-state index in [9.17, 15) is 9.59 Å². The molecule has 3 unspecified atom stereocenters. The molecule has 1 heterocycles. The van der Waals surface area contributed by atoms with Gasteiger partial charge in [-0.2, -0.15) is 0 Å². The molecule has 0 aromatic carbocycles. The van der Waals surface area contributed by atoms with Crippen molar-refractivity contribution in [2.24, 2.45) is 0 Å². The van der Waals surface area contributed by atoms with Gasteiger partial charge in [0.2, 0.25) is 0 Å². The second-order valence-corrected chi connectivity index (χ2v) is 4.57. The first-order chi connectivity index (χ1) is 9.56. The highest BCUT2D eigenvalue weighted by molar-refractivity contribution is 5.74. The van der Waals surface area contributed by atoms with Gasteiger partial charge in [-0.15, -0.1) is 0 Å². The van der Waals surface area contributed by atoms with Crippen molar-refractivity contribution in [2.75, 3.05) is 33.9 Å². The van der Waals surface area contributed by atoms with E-state index in [4.69, 9.17) is 19.3 Å². The standard InChI is InChI=1S/C12H22N2O6/c1-18-7-9(19-2)6-14-12(17)13-5-8-3-4-10(20-8)11(15)16/h8-10H,3-7H2,1-2H3,(H,15,16)(H2,13,14,17). The van der Waals surface area contributed by atoms with Crippen LogP contribution in [0.4, 0.5) is 4.79 Å². The van der Waals surface area contributed by atoms with Crippen molar-refractivity contribution in [3.63, 3.8) is 0 Å². The summed E-state index contributed by atoms with van der Waals surface area (Å²) in [6.07, 6.45) is -0.113. The molecule has 0 spiro atoms. The van der Waals surface area contributed by atoms with Crippen molar-refractivity contribution in [3.8, 4) is 0 Å². The molecule has 0 radical (unpaired) electrons. The normalized spacial score (nSPS) is 23.3. The zero-order valence-corrected chi connectivity index (χ0v) is 11.8. The Morgan fingerprint density at radius 2 is 2.10 bits per heavy atom. The summed E-state index contributed by atoms with van der Waals surface area (Å²) >= 11 is 0. The molecular weight excluding hydrogens is 268 g/mol. The van der Waals surface area contributed by atoms with Gasteiger partial charge >= 0.3 is 12.0 Å². The molecule has 2 amide bonds. The predicted octanol–water partition coefficient (Wildman–Crippen LogP) is -0.421. The van der Waals surface area contributed by atoms with Crippen LogP contribution in [0.5, 0.6) is 0 Å². The Hall–Kier alpha value is -1.38. The lowest BCUT2D eigenvalue weighted by atomic mass is 10.2. The minimum atomic E-state index is -0.959. The highest BCUT2D eigenvalue weighted by atomic mass is 16.5. The molecule has 0 aromatic rings. The van der Waals surface area contributed by atoms with Crippen molar-refractivity contribution in [3.05, 3.63) is 0 Å². The van der Waals surface area contributed by atoms with Gasteiger partial charge in [0.1, 0.15) is 0 Å². The summed E-state index contributed by atoms with van der Waals surface area (Å²) in [5.74, 6) is -0.959. The molecule has 0 aliphatic carbocycles. The largest absolute Gasteiger partial charge is 0.479 e. The monoisotopic (exact) mass is 290 g/mol. The molecule has 1 saturated heterocycles. The maximum Gasteiger partial charge on any atom is 0.332 e. The summed E-state index contributed by atoms with van der Waals surface area (Å²) < 4.78 is 15.3. The maximum absolute atomic E-state index is 11.5. The number of carboxylic acids is 1. The molecule has 3 N–H and O–H groups in total. The van der Waals surface area contributed by atoms with Gasteiger partial charge in [0.25, 0.3) is 0 Å². The Kier molecular flexibility index (Phi) is 7.27. The number of rotatable bonds is 8. The van der Waals surface area contributed by atoms with Crippen LogP contribution in [0.1, 0.15) is 12.8 Å². The second-order valence-electron chi connectivity index (χ2n) is 4.57. The molecule has 1 aliphatic rings. The molecule has 8 nitrogen and oxygen atoms in total. The number of aliphatic carboxylic acids is 1. The summed E-state index contributed by atoms with van der Waals surface area (Å²) in [7, 11) is 3.10. The van der Waals surface area contributed by atoms with Crippen LogP contribution in [-0.4, -0.2) is 69.3 Å². The van der Waals surface area contributed by atoms with E-state index in [1.807, 2.05) is 0 Å². The summed E-state index contributed by atoms with van der Waals surface area (Å²) in [6.45, 7) is 1.01. The predicted molar refractivity (Wildman–Crippen MR) is 69.6 cm³/mol. The van der Waals surface area contributed by atoms with Crippen LogP contribution in [0.25, 0.3) is 0 Å². The quantitative estimate of drug-likeness (QED) is 0.560. The topological polar surface area (TPSA) is 106 Å². The fourth-order valence-electron chi connectivity index (χ4n) is 1.91. The van der Waals surface area contributed by atoms with E-state index in [1.54, 1.807) is 14.2 Å². The number of hydrogen-bond donors (Lipinski definition) is 3. The number of carboxylic acid groups (broad SMARTS) is 1. The maximum atomic E-state index is 11.5. The minimum absolute atomic E-state index is 0.204. The summed E-state index contributed by atoms with van der Waals surface area (Å²) in [6, 6.07) is -0.342. The van der Waals surface area contributed by atoms with Gasteiger partial charge in [0, 0.05) is 27.3 Å². The number of ether oxygens (including phenoxy) is 3. The lowest BCUT2D eigenvalue weighted by Gasteiger charge is -2.16. The van der Waals surface area contributed by atoms with E-state index in [2.05, 4.69) is 10.6 Å². The van der Waals surface area contributed by atoms with Crippen molar-refractivity contribution < 1.29 is 28.9 Å². The first-order valence-electron chi connectivity index (χ1n) is 6.48. The van der Waals surface area contributed by atoms with Crippen molar-refractivity contribution in [1.82, 2.24) is 10.6 Å². The van der Waals surface area contributed by atoms with Gasteiger partial charge in [-0.3, -0.25) is 0 Å². The Morgan fingerprint density at radius 1 is 1.35 bits per heavy atom. The Bertz CT molecular complexity index is 325. The van der Waals surface area contributed by atoms with E-state index >= 15 is 0 Å². The molecule has 0 aromatic heterocycles. The van der Waals surface area contributed by atoms with Crippen LogP contribution in [0.2, 0.25) is 0 Å². The molecule has 8 heteroatoms. The highest BCUT2D eigenvalue weighted by Crippen LogP contribution is 2.18.